The molecule has 3 heteroatoms. The maximum Gasteiger partial charge on any atom is 0.331 e. The molecule has 0 aliphatic carbocycles. The number of aliphatic carboxylic acids is 1. The molecule has 0 aliphatic rings. The molecule has 1 aromatic heterocycles. The van der Waals surface area contributed by atoms with Gasteiger partial charge < -0.3 is 10.1 Å². The van der Waals surface area contributed by atoms with Gasteiger partial charge in [0.25, 0.3) is 0 Å². The molecule has 0 aliphatic heterocycles. The summed E-state index contributed by atoms with van der Waals surface area (Å²) in [6.07, 6.45) is 2.20. The lowest BCUT2D eigenvalue weighted by Gasteiger charge is -1.95. The van der Waals surface area contributed by atoms with Crippen LogP contribution in [0.2, 0.25) is 0 Å². The second kappa shape index (κ2) is 4.23. The number of nitrogens with one attached hydrogen (secondary N) is 1. The van der Waals surface area contributed by atoms with Crippen LogP contribution in [-0.2, 0) is 4.79 Å². The Labute approximate surface area is 93.4 Å². The lowest BCUT2D eigenvalue weighted by molar-refractivity contribution is -0.132. The Morgan fingerprint density at radius 2 is 2.19 bits per heavy atom. The summed E-state index contributed by atoms with van der Waals surface area (Å²) < 4.78 is 0. The molecule has 0 unspecified atom stereocenters. The Bertz CT molecular complexity index is 519. The Kier molecular flexibility index (Phi) is 2.77. The third-order valence-corrected chi connectivity index (χ3v) is 2.54. The van der Waals surface area contributed by atoms with Gasteiger partial charge in [-0.2, -0.15) is 0 Å². The molecule has 1 heterocycles. The zero-order valence-corrected chi connectivity index (χ0v) is 9.03. The highest BCUT2D eigenvalue weighted by Crippen LogP contribution is 2.17. The first-order valence-corrected chi connectivity index (χ1v) is 5.22. The second-order valence-electron chi connectivity index (χ2n) is 3.64. The molecule has 0 saturated carbocycles. The molecule has 82 valence electrons. The minimum absolute atomic E-state index is 0.409. The number of aromatic nitrogens is 1. The molecule has 0 bridgehead atoms. The molecular weight excluding hydrogens is 202 g/mol. The maximum atomic E-state index is 10.9. The largest absolute Gasteiger partial charge is 0.478 e. The predicted molar refractivity (Wildman–Crippen MR) is 64.2 cm³/mol. The van der Waals surface area contributed by atoms with Gasteiger partial charge in [-0.1, -0.05) is 25.1 Å². The molecule has 0 spiro atoms. The molecular formula is C13H13NO2. The number of benzene rings is 1. The highest BCUT2D eigenvalue weighted by Gasteiger charge is 2.05. The lowest BCUT2D eigenvalue weighted by Crippen LogP contribution is -1.98. The van der Waals surface area contributed by atoms with Crippen LogP contribution < -0.4 is 0 Å². The van der Waals surface area contributed by atoms with E-state index in [1.807, 2.05) is 37.3 Å². The first-order valence-electron chi connectivity index (χ1n) is 5.22. The highest BCUT2D eigenvalue weighted by molar-refractivity contribution is 5.93. The van der Waals surface area contributed by atoms with Crippen molar-refractivity contribution in [1.29, 1.82) is 0 Å². The van der Waals surface area contributed by atoms with Gasteiger partial charge in [-0.05, 0) is 30.0 Å². The van der Waals surface area contributed by atoms with Crippen molar-refractivity contribution in [3.05, 3.63) is 41.6 Å². The van der Waals surface area contributed by atoms with Crippen LogP contribution in [0.25, 0.3) is 17.0 Å². The van der Waals surface area contributed by atoms with Crippen molar-refractivity contribution in [1.82, 2.24) is 4.98 Å². The summed E-state index contributed by atoms with van der Waals surface area (Å²) in [7, 11) is 0. The monoisotopic (exact) mass is 215 g/mol. The van der Waals surface area contributed by atoms with Gasteiger partial charge in [0.05, 0.1) is 0 Å². The van der Waals surface area contributed by atoms with Gasteiger partial charge in [0.2, 0.25) is 0 Å². The lowest BCUT2D eigenvalue weighted by atomic mass is 10.1. The number of H-pyrrole nitrogens is 1. The summed E-state index contributed by atoms with van der Waals surface area (Å²) >= 11 is 0. The van der Waals surface area contributed by atoms with E-state index in [1.165, 1.54) is 0 Å². The summed E-state index contributed by atoms with van der Waals surface area (Å²) in [5, 5.41) is 10.0. The van der Waals surface area contributed by atoms with Crippen molar-refractivity contribution < 1.29 is 9.90 Å². The minimum atomic E-state index is -0.860. The van der Waals surface area contributed by atoms with E-state index >= 15 is 0 Å². The zero-order valence-electron chi connectivity index (χ0n) is 9.03. The summed E-state index contributed by atoms with van der Waals surface area (Å²) in [5.74, 6) is -0.860. The van der Waals surface area contributed by atoms with Crippen LogP contribution in [0, 0.1) is 0 Å². The van der Waals surface area contributed by atoms with Crippen LogP contribution in [0.4, 0.5) is 0 Å². The van der Waals surface area contributed by atoms with Crippen LogP contribution in [0.15, 0.2) is 35.9 Å². The van der Waals surface area contributed by atoms with E-state index in [9.17, 15) is 4.79 Å². The molecule has 0 radical (unpaired) electrons. The van der Waals surface area contributed by atoms with E-state index in [0.29, 0.717) is 12.0 Å². The first-order chi connectivity index (χ1) is 7.70. The van der Waals surface area contributed by atoms with Crippen LogP contribution in [0.1, 0.15) is 19.0 Å². The Morgan fingerprint density at radius 3 is 2.81 bits per heavy atom. The van der Waals surface area contributed by atoms with Crippen molar-refractivity contribution in [2.45, 2.75) is 13.3 Å². The van der Waals surface area contributed by atoms with Crippen molar-refractivity contribution >= 4 is 22.9 Å². The molecule has 2 aromatic rings. The molecule has 0 fully saturated rings. The Morgan fingerprint density at radius 1 is 1.44 bits per heavy atom. The molecule has 0 saturated heterocycles. The molecule has 3 nitrogen and oxygen atoms in total. The molecule has 2 N–H and O–H groups in total. The highest BCUT2D eigenvalue weighted by atomic mass is 16.4. The van der Waals surface area contributed by atoms with Gasteiger partial charge in [-0.25, -0.2) is 4.79 Å². The van der Waals surface area contributed by atoms with E-state index in [1.54, 1.807) is 6.08 Å². The van der Waals surface area contributed by atoms with Gasteiger partial charge in [-0.15, -0.1) is 0 Å². The fourth-order valence-corrected chi connectivity index (χ4v) is 1.68. The number of hydrogen-bond acceptors (Lipinski definition) is 1. The van der Waals surface area contributed by atoms with Crippen LogP contribution >= 0.6 is 0 Å². The quantitative estimate of drug-likeness (QED) is 0.773. The number of aromatic amines is 1. The maximum absolute atomic E-state index is 10.9. The smallest absolute Gasteiger partial charge is 0.331 e. The van der Waals surface area contributed by atoms with Crippen molar-refractivity contribution in [2.24, 2.45) is 0 Å². The number of carbonyl (C=O) groups is 1. The summed E-state index contributed by atoms with van der Waals surface area (Å²) in [5.41, 5.74) is 2.27. The van der Waals surface area contributed by atoms with Crippen LogP contribution in [-0.4, -0.2) is 16.1 Å². The number of carboxylic acids is 1. The molecule has 0 atom stereocenters. The van der Waals surface area contributed by atoms with Crippen molar-refractivity contribution in [3.8, 4) is 0 Å². The van der Waals surface area contributed by atoms with Gasteiger partial charge >= 0.3 is 5.97 Å². The fourth-order valence-electron chi connectivity index (χ4n) is 1.68. The van der Waals surface area contributed by atoms with Crippen LogP contribution in [0.5, 0.6) is 0 Å². The van der Waals surface area contributed by atoms with E-state index < -0.39 is 5.97 Å². The second-order valence-corrected chi connectivity index (χ2v) is 3.64. The minimum Gasteiger partial charge on any atom is -0.478 e. The average Bonchev–Trinajstić information content (AvgIpc) is 2.67. The SMILES string of the molecule is CC/C(=C\c1cc2ccccc2[nH]1)C(=O)O. The van der Waals surface area contributed by atoms with E-state index in [4.69, 9.17) is 5.11 Å². The normalized spacial score (nSPS) is 11.9. The summed E-state index contributed by atoms with van der Waals surface area (Å²) in [4.78, 5) is 14.0. The topological polar surface area (TPSA) is 53.1 Å². The predicted octanol–water partition coefficient (Wildman–Crippen LogP) is 3.05. The van der Waals surface area contributed by atoms with Gasteiger partial charge in [0.15, 0.2) is 0 Å². The molecule has 2 rings (SSSR count). The average molecular weight is 215 g/mol. The number of para-hydroxylation sites is 1. The van der Waals surface area contributed by atoms with E-state index in [2.05, 4.69) is 4.98 Å². The Balaban J connectivity index is 2.44. The Hall–Kier alpha value is -2.03. The number of fused-ring (bicyclic) bond motifs is 1. The number of hydrogen-bond donors (Lipinski definition) is 2. The summed E-state index contributed by atoms with van der Waals surface area (Å²) in [6.45, 7) is 1.84. The number of rotatable bonds is 3. The third kappa shape index (κ3) is 1.98. The molecule has 16 heavy (non-hydrogen) atoms. The van der Waals surface area contributed by atoms with Gasteiger partial charge in [0, 0.05) is 16.8 Å². The van der Waals surface area contributed by atoms with E-state index in [-0.39, 0.29) is 0 Å². The van der Waals surface area contributed by atoms with Crippen molar-refractivity contribution in [3.63, 3.8) is 0 Å². The summed E-state index contributed by atoms with van der Waals surface area (Å²) in [6, 6.07) is 9.83. The standard InChI is InChI=1S/C13H13NO2/c1-2-9(13(15)16)7-11-8-10-5-3-4-6-12(10)14-11/h3-8,14H,2H2,1H3,(H,15,16)/b9-7+. The van der Waals surface area contributed by atoms with Gasteiger partial charge in [-0.3, -0.25) is 0 Å². The molecule has 0 amide bonds. The number of carboxylic acid groups (broad SMARTS) is 1. The van der Waals surface area contributed by atoms with Crippen molar-refractivity contribution in [2.75, 3.05) is 0 Å². The first kappa shape index (κ1) is 10.5. The zero-order chi connectivity index (χ0) is 11.5. The van der Waals surface area contributed by atoms with Crippen LogP contribution in [0.3, 0.4) is 0 Å². The fraction of sp³-hybridized carbons (Fsp3) is 0.154. The van der Waals surface area contributed by atoms with E-state index in [0.717, 1.165) is 16.6 Å². The molecule has 1 aromatic carbocycles. The van der Waals surface area contributed by atoms with Gasteiger partial charge in [0.1, 0.15) is 0 Å². The third-order valence-electron chi connectivity index (χ3n) is 2.54.